The lowest BCUT2D eigenvalue weighted by Crippen LogP contribution is -2.50. The molecule has 0 aliphatic carbocycles. The van der Waals surface area contributed by atoms with Crippen LogP contribution in [0, 0.1) is 12.7 Å². The van der Waals surface area contributed by atoms with Crippen molar-refractivity contribution in [2.24, 2.45) is 0 Å². The molecular weight excluding hydrogens is 427 g/mol. The highest BCUT2D eigenvalue weighted by atomic mass is 35.5. The summed E-state index contributed by atoms with van der Waals surface area (Å²) in [5.74, 6) is -1.19. The summed E-state index contributed by atoms with van der Waals surface area (Å²) in [5.41, 5.74) is 2.98. The Morgan fingerprint density at radius 3 is 2.34 bits per heavy atom. The molecule has 0 radical (unpaired) electrons. The molecule has 0 saturated carbocycles. The summed E-state index contributed by atoms with van der Waals surface area (Å²) < 4.78 is 14.4. The summed E-state index contributed by atoms with van der Waals surface area (Å²) in [4.78, 5) is 27.9. The largest absolute Gasteiger partial charge is 0.357 e. The maximum absolute atomic E-state index is 14.4. The van der Waals surface area contributed by atoms with Crippen LogP contribution >= 0.6 is 11.6 Å². The predicted octanol–water partition coefficient (Wildman–Crippen LogP) is 4.72. The first-order valence-corrected chi connectivity index (χ1v) is 10.8. The van der Waals surface area contributed by atoms with E-state index in [-0.39, 0.29) is 35.4 Å². The zero-order chi connectivity index (χ0) is 23.1. The molecule has 0 aromatic heterocycles. The second kappa shape index (κ2) is 10.9. The van der Waals surface area contributed by atoms with Crippen molar-refractivity contribution in [3.8, 4) is 0 Å². The number of carbonyl (C=O) groups excluding carboxylic acids is 2. The summed E-state index contributed by atoms with van der Waals surface area (Å²) in [6.07, 6.45) is 0.100. The monoisotopic (exact) mass is 452 g/mol. The van der Waals surface area contributed by atoms with Gasteiger partial charge in [-0.2, -0.15) is 0 Å². The standard InChI is InChI=1S/C26H26ClFN2O2/c1-18-9-6-7-12-20(18)17-30(25(31)16-21-22(27)13-8-14-23(21)28)24(26(32)29-2)15-19-10-4-3-5-11-19/h3-14,24H,15-17H2,1-2H3,(H,29,32). The maximum Gasteiger partial charge on any atom is 0.242 e. The number of aryl methyl sites for hydroxylation is 1. The summed E-state index contributed by atoms with van der Waals surface area (Å²) in [7, 11) is 1.55. The molecule has 1 atom stereocenters. The van der Waals surface area contributed by atoms with Gasteiger partial charge in [0.1, 0.15) is 11.9 Å². The van der Waals surface area contributed by atoms with E-state index in [4.69, 9.17) is 11.6 Å². The van der Waals surface area contributed by atoms with Crippen LogP contribution in [0.5, 0.6) is 0 Å². The minimum atomic E-state index is -0.764. The number of carbonyl (C=O) groups is 2. The van der Waals surface area contributed by atoms with Crippen molar-refractivity contribution in [2.75, 3.05) is 7.05 Å². The number of nitrogens with zero attached hydrogens (tertiary/aromatic N) is 1. The molecule has 0 aliphatic heterocycles. The maximum atomic E-state index is 14.4. The topological polar surface area (TPSA) is 49.4 Å². The van der Waals surface area contributed by atoms with E-state index in [1.165, 1.54) is 17.0 Å². The Morgan fingerprint density at radius 1 is 1.00 bits per heavy atom. The summed E-state index contributed by atoms with van der Waals surface area (Å²) in [6, 6.07) is 20.8. The van der Waals surface area contributed by atoms with E-state index >= 15 is 0 Å². The number of likely N-dealkylation sites (N-methyl/N-ethyl adjacent to an activating group) is 1. The van der Waals surface area contributed by atoms with E-state index in [1.54, 1.807) is 13.1 Å². The predicted molar refractivity (Wildman–Crippen MR) is 125 cm³/mol. The van der Waals surface area contributed by atoms with Gasteiger partial charge in [-0.1, -0.05) is 72.3 Å². The van der Waals surface area contributed by atoms with Crippen molar-refractivity contribution in [3.63, 3.8) is 0 Å². The van der Waals surface area contributed by atoms with Crippen LogP contribution < -0.4 is 5.32 Å². The van der Waals surface area contributed by atoms with Crippen LogP contribution in [0.3, 0.4) is 0 Å². The van der Waals surface area contributed by atoms with E-state index in [0.29, 0.717) is 6.42 Å². The molecule has 0 fully saturated rings. The van der Waals surface area contributed by atoms with Gasteiger partial charge in [-0.25, -0.2) is 4.39 Å². The molecule has 2 amide bonds. The van der Waals surface area contributed by atoms with Crippen LogP contribution in [-0.4, -0.2) is 29.8 Å². The molecule has 32 heavy (non-hydrogen) atoms. The third kappa shape index (κ3) is 5.74. The van der Waals surface area contributed by atoms with Gasteiger partial charge in [-0.05, 0) is 35.7 Å². The minimum Gasteiger partial charge on any atom is -0.357 e. The van der Waals surface area contributed by atoms with E-state index in [1.807, 2.05) is 61.5 Å². The molecule has 3 aromatic rings. The van der Waals surface area contributed by atoms with E-state index in [0.717, 1.165) is 16.7 Å². The molecule has 0 bridgehead atoms. The Bertz CT molecular complexity index is 1070. The van der Waals surface area contributed by atoms with E-state index in [9.17, 15) is 14.0 Å². The Kier molecular flexibility index (Phi) is 8.01. The molecule has 1 N–H and O–H groups in total. The molecule has 6 heteroatoms. The van der Waals surface area contributed by atoms with Crippen molar-refractivity contribution < 1.29 is 14.0 Å². The lowest BCUT2D eigenvalue weighted by atomic mass is 10.0. The van der Waals surface area contributed by atoms with Gasteiger partial charge in [0.05, 0.1) is 6.42 Å². The second-order valence-corrected chi connectivity index (χ2v) is 8.05. The third-order valence-corrected chi connectivity index (χ3v) is 5.86. The summed E-state index contributed by atoms with van der Waals surface area (Å²) in [6.45, 7) is 2.18. The molecular formula is C26H26ClFN2O2. The highest BCUT2D eigenvalue weighted by Crippen LogP contribution is 2.23. The SMILES string of the molecule is CNC(=O)C(Cc1ccccc1)N(Cc1ccccc1C)C(=O)Cc1c(F)cccc1Cl. The van der Waals surface area contributed by atoms with Gasteiger partial charge in [0, 0.05) is 30.6 Å². The number of nitrogens with one attached hydrogen (secondary N) is 1. The average molecular weight is 453 g/mol. The van der Waals surface area contributed by atoms with Crippen LogP contribution in [0.4, 0.5) is 4.39 Å². The Morgan fingerprint density at radius 2 is 1.69 bits per heavy atom. The number of halogens is 2. The molecule has 3 aromatic carbocycles. The Balaban J connectivity index is 1.99. The van der Waals surface area contributed by atoms with Crippen LogP contribution in [0.2, 0.25) is 5.02 Å². The number of benzene rings is 3. The fourth-order valence-corrected chi connectivity index (χ4v) is 3.88. The quantitative estimate of drug-likeness (QED) is 0.537. The van der Waals surface area contributed by atoms with Gasteiger partial charge >= 0.3 is 0 Å². The van der Waals surface area contributed by atoms with Gasteiger partial charge in [0.15, 0.2) is 0 Å². The molecule has 0 heterocycles. The van der Waals surface area contributed by atoms with Crippen molar-refractivity contribution in [3.05, 3.63) is 106 Å². The van der Waals surface area contributed by atoms with Crippen molar-refractivity contribution in [1.82, 2.24) is 10.2 Å². The normalized spacial score (nSPS) is 11.6. The smallest absolute Gasteiger partial charge is 0.242 e. The fourth-order valence-electron chi connectivity index (χ4n) is 3.65. The minimum absolute atomic E-state index is 0.129. The van der Waals surface area contributed by atoms with Crippen LogP contribution in [0.1, 0.15) is 22.3 Å². The highest BCUT2D eigenvalue weighted by Gasteiger charge is 2.30. The second-order valence-electron chi connectivity index (χ2n) is 7.64. The first-order chi connectivity index (χ1) is 15.4. The lowest BCUT2D eigenvalue weighted by Gasteiger charge is -2.32. The molecule has 4 nitrogen and oxygen atoms in total. The molecule has 0 spiro atoms. The van der Waals surface area contributed by atoms with Gasteiger partial charge in [0.25, 0.3) is 0 Å². The molecule has 0 aliphatic rings. The van der Waals surface area contributed by atoms with Crippen molar-refractivity contribution in [1.29, 1.82) is 0 Å². The fraction of sp³-hybridized carbons (Fsp3) is 0.231. The molecule has 166 valence electrons. The zero-order valence-electron chi connectivity index (χ0n) is 18.1. The Labute approximate surface area is 193 Å². The average Bonchev–Trinajstić information content (AvgIpc) is 2.80. The lowest BCUT2D eigenvalue weighted by molar-refractivity contribution is -0.140. The summed E-state index contributed by atoms with van der Waals surface area (Å²) in [5, 5.41) is 2.86. The highest BCUT2D eigenvalue weighted by molar-refractivity contribution is 6.31. The number of rotatable bonds is 8. The number of hydrogen-bond donors (Lipinski definition) is 1. The van der Waals surface area contributed by atoms with Gasteiger partial charge in [-0.15, -0.1) is 0 Å². The zero-order valence-corrected chi connectivity index (χ0v) is 18.9. The number of amides is 2. The van der Waals surface area contributed by atoms with Gasteiger partial charge in [0.2, 0.25) is 11.8 Å². The van der Waals surface area contributed by atoms with Crippen LogP contribution in [0.15, 0.2) is 72.8 Å². The van der Waals surface area contributed by atoms with Gasteiger partial charge < -0.3 is 10.2 Å². The third-order valence-electron chi connectivity index (χ3n) is 5.51. The molecule has 0 saturated heterocycles. The van der Waals surface area contributed by atoms with Crippen LogP contribution in [-0.2, 0) is 29.0 Å². The van der Waals surface area contributed by atoms with Crippen molar-refractivity contribution >= 4 is 23.4 Å². The number of hydrogen-bond acceptors (Lipinski definition) is 2. The molecule has 1 unspecified atom stereocenters. The van der Waals surface area contributed by atoms with E-state index < -0.39 is 11.9 Å². The Hall–Kier alpha value is -3.18. The van der Waals surface area contributed by atoms with E-state index in [2.05, 4.69) is 5.32 Å². The van der Waals surface area contributed by atoms with Crippen molar-refractivity contribution in [2.45, 2.75) is 32.4 Å². The first kappa shape index (κ1) is 23.5. The first-order valence-electron chi connectivity index (χ1n) is 10.4. The van der Waals surface area contributed by atoms with Crippen LogP contribution in [0.25, 0.3) is 0 Å². The van der Waals surface area contributed by atoms with Gasteiger partial charge in [-0.3, -0.25) is 9.59 Å². The summed E-state index contributed by atoms with van der Waals surface area (Å²) >= 11 is 6.17. The molecule has 3 rings (SSSR count).